The molecule has 3 aliphatic rings. The van der Waals surface area contributed by atoms with E-state index in [4.69, 9.17) is 14.9 Å². The van der Waals surface area contributed by atoms with Crippen molar-refractivity contribution in [1.29, 1.82) is 0 Å². The Bertz CT molecular complexity index is 799. The number of aromatic nitrogens is 2. The Kier molecular flexibility index (Phi) is 6.72. The number of rotatable bonds is 5. The molecule has 2 bridgehead atoms. The van der Waals surface area contributed by atoms with Crippen molar-refractivity contribution < 1.29 is 24.5 Å². The van der Waals surface area contributed by atoms with Crippen LogP contribution in [-0.4, -0.2) is 63.0 Å². The number of fused-ring (bicyclic) bond motifs is 3. The third-order valence-corrected chi connectivity index (χ3v) is 5.38. The van der Waals surface area contributed by atoms with Crippen molar-refractivity contribution >= 4 is 23.3 Å². The van der Waals surface area contributed by atoms with Gasteiger partial charge in [0.05, 0.1) is 5.69 Å². The molecule has 0 saturated carbocycles. The van der Waals surface area contributed by atoms with Gasteiger partial charge in [-0.1, -0.05) is 0 Å². The first kappa shape index (κ1) is 20.0. The first-order valence-electron chi connectivity index (χ1n) is 8.90. The summed E-state index contributed by atoms with van der Waals surface area (Å²) in [6, 6.07) is 5.99. The Labute approximate surface area is 166 Å². The van der Waals surface area contributed by atoms with Crippen LogP contribution in [0.2, 0.25) is 0 Å². The molecule has 5 rings (SSSR count). The third kappa shape index (κ3) is 5.61. The Balaban J connectivity index is 0.000000242. The second-order valence-electron chi connectivity index (χ2n) is 6.57. The maximum Gasteiger partial charge on any atom is 0.328 e. The molecule has 0 radical (unpaired) electrons. The van der Waals surface area contributed by atoms with E-state index >= 15 is 0 Å². The SMILES string of the molecule is O=C(O)/C=C/C(=O)O.c1cc(-c2ccc(OC3CN4CCC3CC4)nn2)cs1. The largest absolute Gasteiger partial charge is 0.478 e. The highest BCUT2D eigenvalue weighted by molar-refractivity contribution is 7.08. The molecule has 0 spiro atoms. The van der Waals surface area contributed by atoms with Crippen molar-refractivity contribution in [1.82, 2.24) is 15.1 Å². The molecule has 0 amide bonds. The summed E-state index contributed by atoms with van der Waals surface area (Å²) in [4.78, 5) is 21.6. The molecular weight excluding hydrogens is 382 g/mol. The zero-order chi connectivity index (χ0) is 19.9. The maximum absolute atomic E-state index is 9.55. The van der Waals surface area contributed by atoms with Gasteiger partial charge in [-0.15, -0.1) is 10.2 Å². The van der Waals surface area contributed by atoms with Crippen molar-refractivity contribution in [2.45, 2.75) is 18.9 Å². The van der Waals surface area contributed by atoms with E-state index in [2.05, 4.69) is 31.9 Å². The zero-order valence-corrected chi connectivity index (χ0v) is 15.9. The lowest BCUT2D eigenvalue weighted by Gasteiger charge is -2.44. The van der Waals surface area contributed by atoms with Crippen molar-refractivity contribution in [3.05, 3.63) is 41.1 Å². The number of hydrogen-bond donors (Lipinski definition) is 2. The van der Waals surface area contributed by atoms with Gasteiger partial charge < -0.3 is 14.9 Å². The number of nitrogens with zero attached hydrogens (tertiary/aromatic N) is 3. The summed E-state index contributed by atoms with van der Waals surface area (Å²) in [6.07, 6.45) is 3.92. The predicted molar refractivity (Wildman–Crippen MR) is 103 cm³/mol. The first-order valence-corrected chi connectivity index (χ1v) is 9.85. The summed E-state index contributed by atoms with van der Waals surface area (Å²) in [6.45, 7) is 3.50. The molecule has 1 unspecified atom stereocenters. The van der Waals surface area contributed by atoms with E-state index in [0.717, 1.165) is 17.8 Å². The normalized spacial score (nSPS) is 23.1. The van der Waals surface area contributed by atoms with E-state index in [-0.39, 0.29) is 0 Å². The monoisotopic (exact) mass is 403 g/mol. The Morgan fingerprint density at radius 2 is 1.82 bits per heavy atom. The number of ether oxygens (including phenoxy) is 1. The van der Waals surface area contributed by atoms with E-state index in [1.165, 1.54) is 25.9 Å². The molecule has 148 valence electrons. The summed E-state index contributed by atoms with van der Waals surface area (Å²) in [7, 11) is 0. The van der Waals surface area contributed by atoms with Crippen LogP contribution in [0.25, 0.3) is 11.3 Å². The second-order valence-corrected chi connectivity index (χ2v) is 7.35. The van der Waals surface area contributed by atoms with Crippen molar-refractivity contribution in [2.75, 3.05) is 19.6 Å². The van der Waals surface area contributed by atoms with Gasteiger partial charge in [0.15, 0.2) is 0 Å². The van der Waals surface area contributed by atoms with Crippen LogP contribution >= 0.6 is 11.3 Å². The highest BCUT2D eigenvalue weighted by Crippen LogP contribution is 2.30. The molecule has 3 aliphatic heterocycles. The maximum atomic E-state index is 9.55. The average molecular weight is 403 g/mol. The van der Waals surface area contributed by atoms with Gasteiger partial charge in [-0.05, 0) is 49.4 Å². The van der Waals surface area contributed by atoms with E-state index in [1.54, 1.807) is 11.3 Å². The fourth-order valence-corrected chi connectivity index (χ4v) is 3.94. The number of aliphatic carboxylic acids is 2. The number of thiophene rings is 1. The van der Waals surface area contributed by atoms with Gasteiger partial charge in [-0.3, -0.25) is 4.90 Å². The molecule has 28 heavy (non-hydrogen) atoms. The summed E-state index contributed by atoms with van der Waals surface area (Å²) in [5.41, 5.74) is 2.03. The fourth-order valence-electron chi connectivity index (χ4n) is 3.29. The highest BCUT2D eigenvalue weighted by Gasteiger charge is 2.35. The lowest BCUT2D eigenvalue weighted by atomic mass is 9.86. The summed E-state index contributed by atoms with van der Waals surface area (Å²) >= 11 is 1.67. The zero-order valence-electron chi connectivity index (χ0n) is 15.1. The molecule has 3 saturated heterocycles. The molecule has 8 nitrogen and oxygen atoms in total. The first-order chi connectivity index (χ1) is 13.5. The van der Waals surface area contributed by atoms with Gasteiger partial charge in [0.1, 0.15) is 6.10 Å². The van der Waals surface area contributed by atoms with Gasteiger partial charge in [0, 0.05) is 35.7 Å². The van der Waals surface area contributed by atoms with E-state index in [9.17, 15) is 9.59 Å². The van der Waals surface area contributed by atoms with Gasteiger partial charge >= 0.3 is 11.9 Å². The molecule has 0 aromatic carbocycles. The number of hydrogen-bond acceptors (Lipinski definition) is 7. The van der Waals surface area contributed by atoms with Crippen LogP contribution in [0, 0.1) is 5.92 Å². The average Bonchev–Trinajstić information content (AvgIpc) is 3.23. The van der Waals surface area contributed by atoms with Crippen LogP contribution in [0.3, 0.4) is 0 Å². The van der Waals surface area contributed by atoms with Crippen LogP contribution in [-0.2, 0) is 9.59 Å². The lowest BCUT2D eigenvalue weighted by Crippen LogP contribution is -2.52. The molecule has 2 aromatic heterocycles. The predicted octanol–water partition coefficient (Wildman–Crippen LogP) is 2.39. The Hall–Kier alpha value is -2.78. The number of carbonyl (C=O) groups is 2. The van der Waals surface area contributed by atoms with Crippen LogP contribution in [0.1, 0.15) is 12.8 Å². The molecule has 1 atom stereocenters. The molecule has 9 heteroatoms. The summed E-state index contributed by atoms with van der Waals surface area (Å²) in [5, 5.41) is 28.2. The van der Waals surface area contributed by atoms with Crippen LogP contribution in [0.4, 0.5) is 0 Å². The minimum Gasteiger partial charge on any atom is -0.478 e. The molecular formula is C19H21N3O5S. The minimum atomic E-state index is -1.26. The molecule has 2 aromatic rings. The van der Waals surface area contributed by atoms with Gasteiger partial charge in [0.2, 0.25) is 5.88 Å². The minimum absolute atomic E-state index is 0.291. The summed E-state index contributed by atoms with van der Waals surface area (Å²) < 4.78 is 6.05. The van der Waals surface area contributed by atoms with Gasteiger partial charge in [0.25, 0.3) is 0 Å². The van der Waals surface area contributed by atoms with Crippen LogP contribution in [0.15, 0.2) is 41.1 Å². The number of carboxylic acids is 2. The standard InChI is InChI=1S/C15H17N3OS.C4H4O4/c1-2-15(17-16-13(1)12-5-8-20-10-12)19-14-9-18-6-3-11(14)4-7-18;5-3(6)1-2-4(7)8/h1-2,5,8,10-11,14H,3-4,6-7,9H2;1-2H,(H,5,6)(H,7,8)/b;2-1+. The topological polar surface area (TPSA) is 113 Å². The molecule has 3 fully saturated rings. The summed E-state index contributed by atoms with van der Waals surface area (Å²) in [5.74, 6) is -1.17. The molecule has 2 N–H and O–H groups in total. The quantitative estimate of drug-likeness (QED) is 0.732. The van der Waals surface area contributed by atoms with Crippen LogP contribution in [0.5, 0.6) is 5.88 Å². The molecule has 0 aliphatic carbocycles. The Morgan fingerprint density at radius 3 is 2.29 bits per heavy atom. The second kappa shape index (κ2) is 9.43. The Morgan fingerprint density at radius 1 is 1.11 bits per heavy atom. The molecule has 5 heterocycles. The van der Waals surface area contributed by atoms with Gasteiger partial charge in [-0.25, -0.2) is 9.59 Å². The highest BCUT2D eigenvalue weighted by atomic mass is 32.1. The van der Waals surface area contributed by atoms with E-state index < -0.39 is 11.9 Å². The van der Waals surface area contributed by atoms with Crippen molar-refractivity contribution in [2.24, 2.45) is 5.92 Å². The van der Waals surface area contributed by atoms with Crippen LogP contribution < -0.4 is 4.74 Å². The number of piperidine rings is 3. The third-order valence-electron chi connectivity index (χ3n) is 4.69. The number of carboxylic acid groups (broad SMARTS) is 2. The van der Waals surface area contributed by atoms with E-state index in [0.29, 0.717) is 30.1 Å². The van der Waals surface area contributed by atoms with Crippen molar-refractivity contribution in [3.63, 3.8) is 0 Å². The smallest absolute Gasteiger partial charge is 0.328 e. The van der Waals surface area contributed by atoms with Crippen molar-refractivity contribution in [3.8, 4) is 17.1 Å². The fraction of sp³-hybridized carbons (Fsp3) is 0.368. The van der Waals surface area contributed by atoms with E-state index in [1.807, 2.05) is 12.1 Å². The lowest BCUT2D eigenvalue weighted by molar-refractivity contribution is -0.134. The van der Waals surface area contributed by atoms with Gasteiger partial charge in [-0.2, -0.15) is 11.3 Å².